The van der Waals surface area contributed by atoms with Crippen LogP contribution in [0.5, 0.6) is 5.75 Å². The third-order valence-electron chi connectivity index (χ3n) is 2.25. The van der Waals surface area contributed by atoms with Crippen LogP contribution in [-0.4, -0.2) is 6.02 Å². The van der Waals surface area contributed by atoms with E-state index in [2.05, 4.69) is 10.3 Å². The lowest BCUT2D eigenvalue weighted by Gasteiger charge is -2.06. The molecular formula is C14H9F2N3O. The molecule has 2 aromatic rings. The topological polar surface area (TPSA) is 57.4 Å². The predicted octanol–water partition coefficient (Wildman–Crippen LogP) is 3.10. The first-order chi connectivity index (χ1) is 9.69. The van der Waals surface area contributed by atoms with Crippen molar-refractivity contribution in [2.24, 2.45) is 4.99 Å². The summed E-state index contributed by atoms with van der Waals surface area (Å²) < 4.78 is 31.6. The highest BCUT2D eigenvalue weighted by atomic mass is 19.1. The maximum Gasteiger partial charge on any atom is 0.309 e. The Morgan fingerprint density at radius 2 is 1.90 bits per heavy atom. The Morgan fingerprint density at radius 1 is 1.15 bits per heavy atom. The van der Waals surface area contributed by atoms with Crippen molar-refractivity contribution in [2.45, 2.75) is 0 Å². The highest BCUT2D eigenvalue weighted by molar-refractivity contribution is 5.80. The van der Waals surface area contributed by atoms with Crippen LogP contribution in [0.3, 0.4) is 0 Å². The summed E-state index contributed by atoms with van der Waals surface area (Å²) in [6, 6.07) is 11.3. The maximum absolute atomic E-state index is 13.5. The zero-order valence-electron chi connectivity index (χ0n) is 10.2. The molecule has 0 bridgehead atoms. The van der Waals surface area contributed by atoms with E-state index in [4.69, 9.17) is 10.00 Å². The fraction of sp³-hybridized carbons (Fsp3) is 0. The Balaban J connectivity index is 2.28. The van der Waals surface area contributed by atoms with Gasteiger partial charge in [0.25, 0.3) is 0 Å². The van der Waals surface area contributed by atoms with Gasteiger partial charge in [-0.2, -0.15) is 10.3 Å². The summed E-state index contributed by atoms with van der Waals surface area (Å²) in [5.74, 6) is -1.13. The SMILES string of the molecule is N#CNC(=Nc1ccc(F)cc1F)Oc1ccccc1. The number of para-hydroxylation sites is 1. The highest BCUT2D eigenvalue weighted by Crippen LogP contribution is 2.19. The van der Waals surface area contributed by atoms with E-state index in [0.717, 1.165) is 12.1 Å². The Hall–Kier alpha value is -2.94. The van der Waals surface area contributed by atoms with E-state index < -0.39 is 11.6 Å². The van der Waals surface area contributed by atoms with Gasteiger partial charge in [0.15, 0.2) is 12.0 Å². The van der Waals surface area contributed by atoms with Gasteiger partial charge >= 0.3 is 6.02 Å². The van der Waals surface area contributed by atoms with Gasteiger partial charge < -0.3 is 4.74 Å². The Labute approximate surface area is 114 Å². The summed E-state index contributed by atoms with van der Waals surface area (Å²) in [6.07, 6.45) is 1.64. The van der Waals surface area contributed by atoms with Crippen molar-refractivity contribution in [3.8, 4) is 11.9 Å². The van der Waals surface area contributed by atoms with Crippen LogP contribution in [0.1, 0.15) is 0 Å². The van der Waals surface area contributed by atoms with Gasteiger partial charge in [-0.25, -0.2) is 14.1 Å². The monoisotopic (exact) mass is 273 g/mol. The van der Waals surface area contributed by atoms with Crippen molar-refractivity contribution in [2.75, 3.05) is 0 Å². The van der Waals surface area contributed by atoms with Gasteiger partial charge in [0.1, 0.15) is 17.3 Å². The Morgan fingerprint density at radius 3 is 2.55 bits per heavy atom. The number of nitriles is 1. The summed E-state index contributed by atoms with van der Waals surface area (Å²) in [4.78, 5) is 3.80. The molecule has 0 aromatic heterocycles. The number of benzene rings is 2. The second kappa shape index (κ2) is 6.29. The van der Waals surface area contributed by atoms with Gasteiger partial charge in [-0.3, -0.25) is 0 Å². The first kappa shape index (κ1) is 13.5. The largest absolute Gasteiger partial charge is 0.425 e. The fourth-order valence-corrected chi connectivity index (χ4v) is 1.41. The van der Waals surface area contributed by atoms with Gasteiger partial charge in [0, 0.05) is 6.07 Å². The van der Waals surface area contributed by atoms with Crippen molar-refractivity contribution < 1.29 is 13.5 Å². The minimum absolute atomic E-state index is 0.139. The third kappa shape index (κ3) is 3.53. The molecule has 20 heavy (non-hydrogen) atoms. The minimum atomic E-state index is -0.848. The lowest BCUT2D eigenvalue weighted by molar-refractivity contribution is 0.529. The van der Waals surface area contributed by atoms with Gasteiger partial charge in [-0.1, -0.05) is 18.2 Å². The molecular weight excluding hydrogens is 264 g/mol. The molecule has 0 aliphatic rings. The van der Waals surface area contributed by atoms with Gasteiger partial charge in [0.2, 0.25) is 0 Å². The third-order valence-corrected chi connectivity index (χ3v) is 2.25. The van der Waals surface area contributed by atoms with Crippen LogP contribution < -0.4 is 10.1 Å². The van der Waals surface area contributed by atoms with Gasteiger partial charge in [0.05, 0.1) is 0 Å². The maximum atomic E-state index is 13.5. The second-order valence-electron chi connectivity index (χ2n) is 3.66. The summed E-state index contributed by atoms with van der Waals surface area (Å²) in [5.41, 5.74) is -0.139. The molecule has 0 fully saturated rings. The minimum Gasteiger partial charge on any atom is -0.425 e. The zero-order valence-corrected chi connectivity index (χ0v) is 10.2. The number of aliphatic imine (C=N–C) groups is 1. The summed E-state index contributed by atoms with van der Waals surface area (Å²) in [6.45, 7) is 0. The van der Waals surface area contributed by atoms with E-state index in [9.17, 15) is 8.78 Å². The Bertz CT molecular complexity index is 666. The van der Waals surface area contributed by atoms with E-state index in [-0.39, 0.29) is 11.7 Å². The molecule has 0 saturated heterocycles. The fourth-order valence-electron chi connectivity index (χ4n) is 1.41. The quantitative estimate of drug-likeness (QED) is 0.396. The molecule has 2 rings (SSSR count). The van der Waals surface area contributed by atoms with E-state index >= 15 is 0 Å². The van der Waals surface area contributed by atoms with E-state index in [1.165, 1.54) is 0 Å². The number of hydrogen-bond donors (Lipinski definition) is 1. The van der Waals surface area contributed by atoms with Crippen molar-refractivity contribution in [1.29, 1.82) is 5.26 Å². The molecule has 0 radical (unpaired) electrons. The van der Waals surface area contributed by atoms with Crippen LogP contribution in [0.25, 0.3) is 0 Å². The van der Waals surface area contributed by atoms with Crippen LogP contribution in [0.2, 0.25) is 0 Å². The molecule has 0 heterocycles. The molecule has 4 nitrogen and oxygen atoms in total. The predicted molar refractivity (Wildman–Crippen MR) is 69.3 cm³/mol. The number of halogens is 2. The van der Waals surface area contributed by atoms with Crippen LogP contribution >= 0.6 is 0 Å². The second-order valence-corrected chi connectivity index (χ2v) is 3.66. The molecule has 1 N–H and O–H groups in total. The van der Waals surface area contributed by atoms with Crippen molar-refractivity contribution in [1.82, 2.24) is 5.32 Å². The molecule has 2 aromatic carbocycles. The van der Waals surface area contributed by atoms with Crippen LogP contribution in [-0.2, 0) is 0 Å². The Kier molecular flexibility index (Phi) is 4.24. The van der Waals surface area contributed by atoms with Crippen LogP contribution in [0.15, 0.2) is 53.5 Å². The standard InChI is InChI=1S/C14H9F2N3O/c15-10-6-7-13(12(16)8-10)19-14(18-9-17)20-11-4-2-1-3-5-11/h1-8H,(H,18,19). The molecule has 0 amide bonds. The summed E-state index contributed by atoms with van der Waals surface area (Å²) >= 11 is 0. The number of rotatable bonds is 2. The molecule has 6 heteroatoms. The normalized spacial score (nSPS) is 10.8. The van der Waals surface area contributed by atoms with Gasteiger partial charge in [-0.15, -0.1) is 0 Å². The van der Waals surface area contributed by atoms with Crippen molar-refractivity contribution >= 4 is 11.7 Å². The number of nitrogens with zero attached hydrogens (tertiary/aromatic N) is 2. The van der Waals surface area contributed by atoms with E-state index in [1.54, 1.807) is 36.5 Å². The molecule has 0 aliphatic carbocycles. The number of hydrogen-bond acceptors (Lipinski definition) is 3. The van der Waals surface area contributed by atoms with Crippen molar-refractivity contribution in [3.05, 3.63) is 60.2 Å². The molecule has 0 aliphatic heterocycles. The summed E-state index contributed by atoms with van der Waals surface area (Å²) in [5, 5.41) is 10.8. The molecule has 0 unspecified atom stereocenters. The smallest absolute Gasteiger partial charge is 0.309 e. The number of amidine groups is 1. The van der Waals surface area contributed by atoms with Crippen LogP contribution in [0.4, 0.5) is 14.5 Å². The van der Waals surface area contributed by atoms with E-state index in [0.29, 0.717) is 11.8 Å². The van der Waals surface area contributed by atoms with Gasteiger partial charge in [-0.05, 0) is 24.3 Å². The first-order valence-corrected chi connectivity index (χ1v) is 5.61. The average Bonchev–Trinajstić information content (AvgIpc) is 2.43. The highest BCUT2D eigenvalue weighted by Gasteiger charge is 2.07. The zero-order chi connectivity index (χ0) is 14.4. The molecule has 0 atom stereocenters. The lowest BCUT2D eigenvalue weighted by Crippen LogP contribution is -2.24. The molecule has 0 spiro atoms. The van der Waals surface area contributed by atoms with E-state index in [1.807, 2.05) is 0 Å². The number of nitrogens with one attached hydrogen (secondary N) is 1. The van der Waals surface area contributed by atoms with Crippen LogP contribution in [0, 0.1) is 23.1 Å². The lowest BCUT2D eigenvalue weighted by atomic mass is 10.3. The summed E-state index contributed by atoms with van der Waals surface area (Å²) in [7, 11) is 0. The van der Waals surface area contributed by atoms with Crippen molar-refractivity contribution in [3.63, 3.8) is 0 Å². The first-order valence-electron chi connectivity index (χ1n) is 5.61. The molecule has 0 saturated carbocycles. The average molecular weight is 273 g/mol. The number of ether oxygens (including phenoxy) is 1. The molecule has 100 valence electrons.